The summed E-state index contributed by atoms with van der Waals surface area (Å²) in [7, 11) is 0. The van der Waals surface area contributed by atoms with E-state index in [1.54, 1.807) is 0 Å². The van der Waals surface area contributed by atoms with Crippen LogP contribution in [-0.2, 0) is 20.5 Å². The van der Waals surface area contributed by atoms with Crippen LogP contribution in [0, 0.1) is 19.3 Å². The zero-order chi connectivity index (χ0) is 25.6. The second-order valence-electron chi connectivity index (χ2n) is 11.3. The van der Waals surface area contributed by atoms with E-state index < -0.39 is 22.8 Å². The number of nitrogens with zero attached hydrogens (tertiary/aromatic N) is 6. The second kappa shape index (κ2) is 7.38. The predicted octanol–water partition coefficient (Wildman–Crippen LogP) is 2.52. The molecule has 190 valence electrons. The zero-order valence-electron chi connectivity index (χ0n) is 21.2. The molecule has 3 N–H and O–H groups in total. The first-order valence-corrected chi connectivity index (χ1v) is 12.7. The number of aromatic amines is 1. The summed E-state index contributed by atoms with van der Waals surface area (Å²) in [6.07, 6.45) is 3.56. The minimum Gasteiger partial charge on any atom is -0.369 e. The fourth-order valence-electron chi connectivity index (χ4n) is 6.77. The number of aryl methyl sites for hydroxylation is 2. The maximum absolute atomic E-state index is 12.5. The highest BCUT2D eigenvalue weighted by Gasteiger charge is 2.77. The first-order chi connectivity index (χ1) is 17.7. The van der Waals surface area contributed by atoms with Gasteiger partial charge in [0.25, 0.3) is 0 Å². The lowest BCUT2D eigenvalue weighted by molar-refractivity contribution is -0.137. The molecule has 37 heavy (non-hydrogen) atoms. The molecule has 0 spiro atoms. The Morgan fingerprint density at radius 1 is 1.22 bits per heavy atom. The summed E-state index contributed by atoms with van der Waals surface area (Å²) in [6, 6.07) is 12.9. The third-order valence-corrected chi connectivity index (χ3v) is 8.84. The number of nitrogens with one attached hydrogen (secondary N) is 1. The topological polar surface area (TPSA) is 127 Å². The van der Waals surface area contributed by atoms with Crippen LogP contribution in [0.25, 0.3) is 5.65 Å². The lowest BCUT2D eigenvalue weighted by Crippen LogP contribution is -2.57. The van der Waals surface area contributed by atoms with Crippen LogP contribution in [-0.4, -0.2) is 55.4 Å². The summed E-state index contributed by atoms with van der Waals surface area (Å²) < 4.78 is 8.12. The molecule has 3 saturated heterocycles. The number of rotatable bonds is 5. The molecule has 2 bridgehead atoms. The van der Waals surface area contributed by atoms with Crippen molar-refractivity contribution >= 4 is 17.2 Å². The van der Waals surface area contributed by atoms with Gasteiger partial charge in [0.2, 0.25) is 5.91 Å². The maximum atomic E-state index is 12.5. The summed E-state index contributed by atoms with van der Waals surface area (Å²) in [5, 5.41) is 12.1. The third-order valence-electron chi connectivity index (χ3n) is 8.84. The van der Waals surface area contributed by atoms with Crippen LogP contribution in [0.1, 0.15) is 54.3 Å². The fourth-order valence-corrected chi connectivity index (χ4v) is 6.77. The van der Waals surface area contributed by atoms with Crippen molar-refractivity contribution in [2.24, 2.45) is 11.1 Å². The van der Waals surface area contributed by atoms with Crippen LogP contribution >= 0.6 is 0 Å². The van der Waals surface area contributed by atoms with Crippen LogP contribution in [0.3, 0.4) is 0 Å². The molecule has 4 atom stereocenters. The fraction of sp³-hybridized carbons (Fsp3) is 0.444. The summed E-state index contributed by atoms with van der Waals surface area (Å²) >= 11 is 0. The quantitative estimate of drug-likeness (QED) is 0.433. The number of primary amides is 1. The average Bonchev–Trinajstić information content (AvgIpc) is 3.67. The van der Waals surface area contributed by atoms with Crippen LogP contribution in [0.5, 0.6) is 0 Å². The Balaban J connectivity index is 1.25. The van der Waals surface area contributed by atoms with Gasteiger partial charge in [-0.1, -0.05) is 37.3 Å². The van der Waals surface area contributed by atoms with E-state index in [9.17, 15) is 4.79 Å². The normalized spacial score (nSPS) is 30.7. The van der Waals surface area contributed by atoms with Gasteiger partial charge in [0.15, 0.2) is 17.3 Å². The molecule has 3 unspecified atom stereocenters. The Labute approximate surface area is 214 Å². The van der Waals surface area contributed by atoms with Gasteiger partial charge >= 0.3 is 0 Å². The molecule has 0 radical (unpaired) electrons. The van der Waals surface area contributed by atoms with E-state index in [-0.39, 0.29) is 12.0 Å². The second-order valence-corrected chi connectivity index (χ2v) is 11.3. The number of amides is 1. The van der Waals surface area contributed by atoms with Crippen molar-refractivity contribution in [2.45, 2.75) is 50.5 Å². The largest absolute Gasteiger partial charge is 0.369 e. The number of benzene rings is 1. The van der Waals surface area contributed by atoms with Crippen molar-refractivity contribution in [3.05, 3.63) is 71.2 Å². The lowest BCUT2D eigenvalue weighted by atomic mass is 9.52. The van der Waals surface area contributed by atoms with Crippen molar-refractivity contribution in [3.8, 4) is 0 Å². The lowest BCUT2D eigenvalue weighted by Gasteiger charge is -2.47. The van der Waals surface area contributed by atoms with Crippen molar-refractivity contribution in [1.82, 2.24) is 29.8 Å². The van der Waals surface area contributed by atoms with Gasteiger partial charge in [-0.25, -0.2) is 14.5 Å². The number of hydrogen-bond donors (Lipinski definition) is 2. The first-order valence-electron chi connectivity index (χ1n) is 12.7. The summed E-state index contributed by atoms with van der Waals surface area (Å²) in [6.45, 7) is 8.34. The SMILES string of the molecule is Cc1nc(C2C3(C(N)=O)COC2(c2nc4c(C)cc(N5CC[C@](C)(c6ccccc6)C5)cn4n2)C3)n[nH]1. The highest BCUT2D eigenvalue weighted by atomic mass is 16.5. The number of ether oxygens (including phenoxy) is 1. The van der Waals surface area contributed by atoms with Gasteiger partial charge in [0.1, 0.15) is 11.4 Å². The maximum Gasteiger partial charge on any atom is 0.226 e. The minimum absolute atomic E-state index is 0.0975. The highest BCUT2D eigenvalue weighted by Crippen LogP contribution is 2.70. The van der Waals surface area contributed by atoms with E-state index in [1.165, 1.54) is 5.56 Å². The Hall–Kier alpha value is -3.79. The Kier molecular flexibility index (Phi) is 4.47. The molecule has 6 heterocycles. The summed E-state index contributed by atoms with van der Waals surface area (Å²) in [5.74, 6) is 0.918. The highest BCUT2D eigenvalue weighted by molar-refractivity contribution is 5.85. The van der Waals surface area contributed by atoms with Gasteiger partial charge in [-0.2, -0.15) is 5.10 Å². The Bertz CT molecular complexity index is 1550. The van der Waals surface area contributed by atoms with Gasteiger partial charge in [0, 0.05) is 24.9 Å². The number of nitrogens with two attached hydrogens (primary N) is 1. The van der Waals surface area contributed by atoms with E-state index in [1.807, 2.05) is 17.6 Å². The van der Waals surface area contributed by atoms with Crippen LogP contribution in [0.15, 0.2) is 42.6 Å². The molecule has 10 nitrogen and oxygen atoms in total. The molecule has 1 aromatic carbocycles. The number of carbonyl (C=O) groups is 1. The van der Waals surface area contributed by atoms with Gasteiger partial charge in [-0.3, -0.25) is 9.89 Å². The van der Waals surface area contributed by atoms with Crippen LogP contribution in [0.4, 0.5) is 5.69 Å². The molecule has 10 heteroatoms. The Morgan fingerprint density at radius 2 is 2.03 bits per heavy atom. The number of fused-ring (bicyclic) bond motifs is 2. The molecular formula is C27H30N8O2. The number of pyridine rings is 1. The molecule has 4 fully saturated rings. The van der Waals surface area contributed by atoms with Crippen molar-refractivity contribution in [2.75, 3.05) is 24.6 Å². The van der Waals surface area contributed by atoms with E-state index in [2.05, 4.69) is 70.3 Å². The molecule has 3 aliphatic heterocycles. The first kappa shape index (κ1) is 22.4. The number of hydrogen-bond acceptors (Lipinski definition) is 7. The van der Waals surface area contributed by atoms with Crippen LogP contribution < -0.4 is 10.6 Å². The summed E-state index contributed by atoms with van der Waals surface area (Å²) in [4.78, 5) is 24.4. The molecule has 4 aliphatic rings. The van der Waals surface area contributed by atoms with Gasteiger partial charge in [0.05, 0.1) is 29.8 Å². The molecule has 8 rings (SSSR count). The molecule has 1 amide bonds. The predicted molar refractivity (Wildman–Crippen MR) is 136 cm³/mol. The zero-order valence-corrected chi connectivity index (χ0v) is 21.2. The number of anilines is 1. The van der Waals surface area contributed by atoms with Gasteiger partial charge in [-0.15, -0.1) is 5.10 Å². The number of carbonyl (C=O) groups excluding carboxylic acids is 1. The molecule has 1 saturated carbocycles. The van der Waals surface area contributed by atoms with Crippen molar-refractivity contribution in [3.63, 3.8) is 0 Å². The number of aromatic nitrogens is 6. The van der Waals surface area contributed by atoms with E-state index in [0.29, 0.717) is 23.9 Å². The van der Waals surface area contributed by atoms with Crippen molar-refractivity contribution < 1.29 is 9.53 Å². The Morgan fingerprint density at radius 3 is 2.76 bits per heavy atom. The molecular weight excluding hydrogens is 468 g/mol. The van der Waals surface area contributed by atoms with Crippen molar-refractivity contribution in [1.29, 1.82) is 0 Å². The molecule has 3 aromatic heterocycles. The van der Waals surface area contributed by atoms with Gasteiger partial charge in [-0.05, 0) is 37.5 Å². The summed E-state index contributed by atoms with van der Waals surface area (Å²) in [5.41, 5.74) is 8.53. The minimum atomic E-state index is -0.873. The molecule has 4 aromatic rings. The third kappa shape index (κ3) is 2.99. The van der Waals surface area contributed by atoms with E-state index in [4.69, 9.17) is 20.6 Å². The molecule has 1 aliphatic carbocycles. The smallest absolute Gasteiger partial charge is 0.226 e. The van der Waals surface area contributed by atoms with E-state index >= 15 is 0 Å². The standard InChI is InChI=1S/C27H30N8O2/c1-16-11-19(34-10-9-25(3,14-34)18-7-5-4-6-8-18)12-35-22(16)30-24(33-35)27-13-26(15-37-27,23(28)36)20(27)21-29-17(2)31-32-21/h4-8,11-12,20H,9-10,13-15H2,1-3H3,(H2,28,36)(H,29,31,32)/t20?,25-,26?,27?/m0/s1. The van der Waals surface area contributed by atoms with E-state index in [0.717, 1.165) is 36.4 Å². The number of H-pyrrole nitrogens is 1. The van der Waals surface area contributed by atoms with Gasteiger partial charge < -0.3 is 15.4 Å². The van der Waals surface area contributed by atoms with Crippen LogP contribution in [0.2, 0.25) is 0 Å². The average molecular weight is 499 g/mol. The monoisotopic (exact) mass is 498 g/mol.